The molecule has 2 aromatic carbocycles. The number of aliphatic hydroxyl groups excluding tert-OH is 1. The van der Waals surface area contributed by atoms with Crippen LogP contribution in [0.25, 0.3) is 0 Å². The highest BCUT2D eigenvalue weighted by molar-refractivity contribution is 9.09. The van der Waals surface area contributed by atoms with Gasteiger partial charge in [-0.3, -0.25) is 14.4 Å². The maximum atomic E-state index is 14.2. The number of nitrogens with zero attached hydrogens (tertiary/aromatic N) is 1. The summed E-state index contributed by atoms with van der Waals surface area (Å²) >= 11 is 5.45. The van der Waals surface area contributed by atoms with Gasteiger partial charge in [0, 0.05) is 34.6 Å². The third kappa shape index (κ3) is 5.62. The Labute approximate surface area is 254 Å². The van der Waals surface area contributed by atoms with Gasteiger partial charge in [-0.25, -0.2) is 0 Å². The monoisotopic (exact) mass is 643 g/mol. The van der Waals surface area contributed by atoms with Crippen molar-refractivity contribution in [1.82, 2.24) is 4.90 Å². The van der Waals surface area contributed by atoms with Gasteiger partial charge >= 0.3 is 0 Å². The zero-order chi connectivity index (χ0) is 29.3. The number of carbonyl (C=O) groups excluding carboxylic acids is 3. The van der Waals surface area contributed by atoms with E-state index < -0.39 is 22.6 Å². The lowest BCUT2D eigenvalue weighted by Gasteiger charge is -2.35. The number of carbonyl (C=O) groups is 3. The molecule has 5 rings (SSSR count). The largest absolute Gasteiger partial charge is 0.494 e. The minimum Gasteiger partial charge on any atom is -0.494 e. The standard InChI is InChI=1S/C31H38BrN3O5S/c1-4-40-21-12-10-20(11-13-21)33-28(37)24-25-30(39)35(14-6-5-7-15-36)27(31(25)17-22(32)26(24)41-31)29(38)34-23-16-18(2)8-9-19(23)3/h8-13,16,22,24-27,36H,4-7,14-15,17H2,1-3H3,(H,33,37)(H,34,38)/t22?,24-,25-,26-,27?,31?/m0/s1. The second-order valence-corrected chi connectivity index (χ2v) is 13.9. The molecular formula is C31H38BrN3O5S. The number of aliphatic hydroxyl groups is 1. The summed E-state index contributed by atoms with van der Waals surface area (Å²) in [7, 11) is 0. The average molecular weight is 645 g/mol. The fourth-order valence-corrected chi connectivity index (χ4v) is 10.3. The van der Waals surface area contributed by atoms with E-state index in [1.807, 2.05) is 51.1 Å². The van der Waals surface area contributed by atoms with Crippen molar-refractivity contribution < 1.29 is 24.2 Å². The van der Waals surface area contributed by atoms with Crippen molar-refractivity contribution in [2.75, 3.05) is 30.4 Å². The number of aryl methyl sites for hydroxylation is 2. The Kier molecular flexibility index (Phi) is 9.01. The van der Waals surface area contributed by atoms with Crippen LogP contribution in [0.2, 0.25) is 0 Å². The van der Waals surface area contributed by atoms with E-state index in [0.717, 1.165) is 29.0 Å². The number of alkyl halides is 1. The van der Waals surface area contributed by atoms with Crippen molar-refractivity contribution in [2.45, 2.75) is 67.3 Å². The molecule has 3 unspecified atom stereocenters. The minimum absolute atomic E-state index is 0.00188. The molecule has 6 atom stereocenters. The lowest BCUT2D eigenvalue weighted by Crippen LogP contribution is -2.52. The summed E-state index contributed by atoms with van der Waals surface area (Å²) < 4.78 is 4.80. The number of likely N-dealkylation sites (tertiary alicyclic amines) is 1. The Balaban J connectivity index is 1.44. The van der Waals surface area contributed by atoms with Crippen LogP contribution in [0.15, 0.2) is 42.5 Å². The number of anilines is 2. The molecule has 0 aliphatic carbocycles. The Morgan fingerprint density at radius 2 is 1.85 bits per heavy atom. The van der Waals surface area contributed by atoms with Crippen LogP contribution >= 0.6 is 27.7 Å². The molecule has 3 fully saturated rings. The van der Waals surface area contributed by atoms with E-state index >= 15 is 0 Å². The molecule has 3 saturated heterocycles. The summed E-state index contributed by atoms with van der Waals surface area (Å²) in [5.41, 5.74) is 3.36. The molecule has 3 N–H and O–H groups in total. The van der Waals surface area contributed by atoms with E-state index in [1.54, 1.807) is 28.8 Å². The van der Waals surface area contributed by atoms with Crippen molar-refractivity contribution >= 4 is 56.8 Å². The van der Waals surface area contributed by atoms with E-state index in [-0.39, 0.29) is 34.4 Å². The number of hydrogen-bond donors (Lipinski definition) is 3. The molecule has 3 heterocycles. The normalized spacial score (nSPS) is 28.1. The third-order valence-electron chi connectivity index (χ3n) is 8.48. The zero-order valence-electron chi connectivity index (χ0n) is 23.7. The number of rotatable bonds is 11. The predicted molar refractivity (Wildman–Crippen MR) is 166 cm³/mol. The summed E-state index contributed by atoms with van der Waals surface area (Å²) in [6.45, 7) is 6.90. The number of amides is 3. The first-order valence-corrected chi connectivity index (χ1v) is 16.1. The zero-order valence-corrected chi connectivity index (χ0v) is 26.1. The number of benzene rings is 2. The molecule has 0 aromatic heterocycles. The van der Waals surface area contributed by atoms with Crippen LogP contribution in [-0.4, -0.2) is 68.4 Å². The van der Waals surface area contributed by atoms with Gasteiger partial charge in [-0.2, -0.15) is 0 Å². The van der Waals surface area contributed by atoms with Crippen LogP contribution in [-0.2, 0) is 14.4 Å². The highest BCUT2D eigenvalue weighted by Gasteiger charge is 2.75. The Morgan fingerprint density at radius 1 is 1.10 bits per heavy atom. The van der Waals surface area contributed by atoms with Crippen molar-refractivity contribution in [1.29, 1.82) is 0 Å². The van der Waals surface area contributed by atoms with E-state index in [2.05, 4.69) is 26.6 Å². The lowest BCUT2D eigenvalue weighted by molar-refractivity contribution is -0.138. The van der Waals surface area contributed by atoms with Crippen LogP contribution in [0.5, 0.6) is 5.75 Å². The van der Waals surface area contributed by atoms with Crippen molar-refractivity contribution in [3.05, 3.63) is 53.6 Å². The molecule has 41 heavy (non-hydrogen) atoms. The van der Waals surface area contributed by atoms with Crippen LogP contribution in [0.3, 0.4) is 0 Å². The Hall–Kier alpha value is -2.56. The number of nitrogens with one attached hydrogen (secondary N) is 2. The SMILES string of the molecule is CCOc1ccc(NC(=O)[C@H]2[C@H]3C(=O)N(CCCCCO)C(C(=O)Nc4cc(C)ccc4C)C34CC(Br)[C@@H]2S4)cc1. The van der Waals surface area contributed by atoms with E-state index in [9.17, 15) is 19.5 Å². The third-order valence-corrected chi connectivity index (χ3v) is 11.7. The number of fused-ring (bicyclic) bond motifs is 1. The van der Waals surface area contributed by atoms with Crippen molar-refractivity contribution in [2.24, 2.45) is 11.8 Å². The van der Waals surface area contributed by atoms with E-state index in [0.29, 0.717) is 38.1 Å². The molecule has 3 amide bonds. The number of unbranched alkanes of at least 4 members (excludes halogenated alkanes) is 2. The maximum Gasteiger partial charge on any atom is 0.248 e. The summed E-state index contributed by atoms with van der Waals surface area (Å²) in [5, 5.41) is 15.3. The van der Waals surface area contributed by atoms with E-state index in [4.69, 9.17) is 4.74 Å². The molecule has 8 nitrogen and oxygen atoms in total. The lowest BCUT2D eigenvalue weighted by atomic mass is 9.70. The van der Waals surface area contributed by atoms with Gasteiger partial charge < -0.3 is 25.4 Å². The second kappa shape index (κ2) is 12.4. The first-order valence-electron chi connectivity index (χ1n) is 14.3. The van der Waals surface area contributed by atoms with Gasteiger partial charge in [0.2, 0.25) is 17.7 Å². The number of thioether (sulfide) groups is 1. The molecule has 2 aromatic rings. The summed E-state index contributed by atoms with van der Waals surface area (Å²) in [5.74, 6) is -0.988. The molecule has 220 valence electrons. The predicted octanol–water partition coefficient (Wildman–Crippen LogP) is 4.91. The molecule has 0 saturated carbocycles. The topological polar surface area (TPSA) is 108 Å². The highest BCUT2D eigenvalue weighted by atomic mass is 79.9. The summed E-state index contributed by atoms with van der Waals surface area (Å²) in [4.78, 5) is 43.8. The van der Waals surface area contributed by atoms with Crippen molar-refractivity contribution in [3.8, 4) is 5.75 Å². The minimum atomic E-state index is -0.713. The molecule has 10 heteroatoms. The van der Waals surface area contributed by atoms with Gasteiger partial charge in [0.05, 0.1) is 23.2 Å². The van der Waals surface area contributed by atoms with Crippen molar-refractivity contribution in [3.63, 3.8) is 0 Å². The fraction of sp³-hybridized carbons (Fsp3) is 0.516. The quantitative estimate of drug-likeness (QED) is 0.237. The van der Waals surface area contributed by atoms with Gasteiger partial charge in [-0.05, 0) is 87.9 Å². The van der Waals surface area contributed by atoms with Crippen LogP contribution in [0, 0.1) is 25.7 Å². The van der Waals surface area contributed by atoms with E-state index in [1.165, 1.54) is 0 Å². The molecule has 2 bridgehead atoms. The van der Waals surface area contributed by atoms with Gasteiger partial charge in [0.1, 0.15) is 11.8 Å². The molecule has 3 aliphatic heterocycles. The first-order chi connectivity index (χ1) is 19.7. The fourth-order valence-electron chi connectivity index (χ4n) is 6.64. The van der Waals surface area contributed by atoms with Gasteiger partial charge in [0.25, 0.3) is 0 Å². The average Bonchev–Trinajstić information content (AvgIpc) is 3.53. The summed E-state index contributed by atoms with van der Waals surface area (Å²) in [6, 6.07) is 12.5. The summed E-state index contributed by atoms with van der Waals surface area (Å²) in [6.07, 6.45) is 2.70. The Bertz CT molecular complexity index is 1310. The van der Waals surface area contributed by atoms with Crippen LogP contribution < -0.4 is 15.4 Å². The number of halogens is 1. The highest BCUT2D eigenvalue weighted by Crippen LogP contribution is 2.67. The van der Waals surface area contributed by atoms with Crippen LogP contribution in [0.4, 0.5) is 11.4 Å². The Morgan fingerprint density at radius 3 is 2.56 bits per heavy atom. The number of hydrogen-bond acceptors (Lipinski definition) is 6. The molecular weight excluding hydrogens is 606 g/mol. The molecule has 3 aliphatic rings. The smallest absolute Gasteiger partial charge is 0.248 e. The van der Waals surface area contributed by atoms with Gasteiger partial charge in [0.15, 0.2) is 0 Å². The first kappa shape index (κ1) is 29.9. The van der Waals surface area contributed by atoms with Crippen LogP contribution in [0.1, 0.15) is 43.7 Å². The molecule has 0 radical (unpaired) electrons. The number of ether oxygens (including phenoxy) is 1. The second-order valence-electron chi connectivity index (χ2n) is 11.2. The molecule has 1 spiro atoms. The maximum absolute atomic E-state index is 14.2. The van der Waals surface area contributed by atoms with Gasteiger partial charge in [-0.1, -0.05) is 28.1 Å². The van der Waals surface area contributed by atoms with Gasteiger partial charge in [-0.15, -0.1) is 11.8 Å².